The number of nitrogens with one attached hydrogen (secondary N) is 3. The highest BCUT2D eigenvalue weighted by Gasteiger charge is 2.32. The number of aromatic nitrogens is 4. The van der Waals surface area contributed by atoms with Gasteiger partial charge in [0, 0.05) is 22.8 Å². The van der Waals surface area contributed by atoms with Gasteiger partial charge in [-0.1, -0.05) is 12.1 Å². The van der Waals surface area contributed by atoms with Crippen molar-refractivity contribution >= 4 is 28.3 Å². The number of methoxy groups -OCH3 is 1. The second-order valence-corrected chi connectivity index (χ2v) is 7.13. The average molecular weight is 400 g/mol. The van der Waals surface area contributed by atoms with Crippen molar-refractivity contribution < 1.29 is 9.53 Å². The molecule has 0 bridgehead atoms. The molecule has 1 aliphatic heterocycles. The molecular weight excluding hydrogens is 380 g/mol. The molecule has 8 nitrogen and oxygen atoms in total. The third kappa shape index (κ3) is 2.98. The van der Waals surface area contributed by atoms with Gasteiger partial charge in [-0.05, 0) is 42.8 Å². The number of amides is 1. The fourth-order valence-electron chi connectivity index (χ4n) is 3.84. The summed E-state index contributed by atoms with van der Waals surface area (Å²) in [6.07, 6.45) is 3.45. The molecule has 1 unspecified atom stereocenters. The molecule has 2 aromatic carbocycles. The number of nitrogens with zero attached hydrogens (tertiary/aromatic N) is 3. The van der Waals surface area contributed by atoms with Crippen molar-refractivity contribution in [3.05, 3.63) is 77.8 Å². The van der Waals surface area contributed by atoms with E-state index in [4.69, 9.17) is 4.74 Å². The number of hydrogen-bond donors (Lipinski definition) is 3. The van der Waals surface area contributed by atoms with Crippen molar-refractivity contribution in [3.8, 4) is 5.75 Å². The number of carbonyl (C=O) groups is 1. The summed E-state index contributed by atoms with van der Waals surface area (Å²) in [7, 11) is 1.63. The van der Waals surface area contributed by atoms with Crippen LogP contribution in [0.3, 0.4) is 0 Å². The summed E-state index contributed by atoms with van der Waals surface area (Å²) in [6.45, 7) is 1.90. The van der Waals surface area contributed by atoms with E-state index >= 15 is 0 Å². The summed E-state index contributed by atoms with van der Waals surface area (Å²) in [5, 5.41) is 18.6. The first-order chi connectivity index (χ1) is 14.6. The smallest absolute Gasteiger partial charge is 0.255 e. The number of benzene rings is 2. The van der Waals surface area contributed by atoms with Crippen LogP contribution < -0.4 is 15.4 Å². The molecule has 0 saturated heterocycles. The molecule has 4 aromatic rings. The molecule has 3 N–H and O–H groups in total. The monoisotopic (exact) mass is 400 g/mol. The van der Waals surface area contributed by atoms with E-state index in [1.165, 1.54) is 0 Å². The second kappa shape index (κ2) is 7.07. The number of carbonyl (C=O) groups excluding carboxylic acids is 1. The van der Waals surface area contributed by atoms with Crippen molar-refractivity contribution in [3.63, 3.8) is 0 Å². The molecule has 1 amide bonds. The van der Waals surface area contributed by atoms with E-state index in [1.807, 2.05) is 60.1 Å². The highest BCUT2D eigenvalue weighted by molar-refractivity contribution is 6.06. The lowest BCUT2D eigenvalue weighted by molar-refractivity contribution is -0.113. The molecule has 1 aliphatic rings. The van der Waals surface area contributed by atoms with E-state index < -0.39 is 0 Å². The minimum atomic E-state index is -0.385. The van der Waals surface area contributed by atoms with E-state index in [2.05, 4.69) is 25.9 Å². The zero-order chi connectivity index (χ0) is 20.7. The fraction of sp³-hybridized carbons (Fsp3) is 0.136. The van der Waals surface area contributed by atoms with Crippen LogP contribution in [0.5, 0.6) is 5.75 Å². The van der Waals surface area contributed by atoms with Crippen LogP contribution in [-0.2, 0) is 4.79 Å². The van der Waals surface area contributed by atoms with Gasteiger partial charge >= 0.3 is 0 Å². The number of anilines is 2. The van der Waals surface area contributed by atoms with Crippen LogP contribution in [0.15, 0.2) is 72.2 Å². The number of fused-ring (bicyclic) bond motifs is 2. The van der Waals surface area contributed by atoms with Crippen LogP contribution in [0.25, 0.3) is 10.9 Å². The first-order valence-corrected chi connectivity index (χ1v) is 9.54. The number of hydrogen-bond acceptors (Lipinski definition) is 5. The molecular formula is C22H20N6O2. The van der Waals surface area contributed by atoms with Gasteiger partial charge in [-0.2, -0.15) is 10.2 Å². The van der Waals surface area contributed by atoms with Gasteiger partial charge in [0.2, 0.25) is 0 Å². The van der Waals surface area contributed by atoms with Crippen molar-refractivity contribution in [1.82, 2.24) is 20.0 Å². The maximum Gasteiger partial charge on any atom is 0.255 e. The molecule has 1 atom stereocenters. The van der Waals surface area contributed by atoms with Crippen molar-refractivity contribution in [2.75, 3.05) is 17.7 Å². The van der Waals surface area contributed by atoms with E-state index in [0.717, 1.165) is 33.7 Å². The minimum absolute atomic E-state index is 0.197. The molecule has 0 spiro atoms. The number of aromatic amines is 1. The number of allylic oxidation sites excluding steroid dienone is 1. The predicted molar refractivity (Wildman–Crippen MR) is 114 cm³/mol. The van der Waals surface area contributed by atoms with Crippen molar-refractivity contribution in [2.24, 2.45) is 0 Å². The average Bonchev–Trinajstić information content (AvgIpc) is 3.41. The summed E-state index contributed by atoms with van der Waals surface area (Å²) in [5.74, 6) is 1.36. The summed E-state index contributed by atoms with van der Waals surface area (Å²) in [6, 6.07) is 14.8. The Labute approximate surface area is 172 Å². The Kier molecular flexibility index (Phi) is 4.24. The summed E-state index contributed by atoms with van der Waals surface area (Å²) >= 11 is 0. The largest absolute Gasteiger partial charge is 0.497 e. The minimum Gasteiger partial charge on any atom is -0.497 e. The Morgan fingerprint density at radius 2 is 2.10 bits per heavy atom. The Morgan fingerprint density at radius 1 is 1.20 bits per heavy atom. The molecule has 8 heteroatoms. The Balaban J connectivity index is 1.55. The van der Waals surface area contributed by atoms with Gasteiger partial charge in [-0.15, -0.1) is 0 Å². The lowest BCUT2D eigenvalue weighted by Crippen LogP contribution is -2.31. The SMILES string of the molecule is COc1cccc(C2C(C(=O)Nc3ccc4[nH]ncc4c3)=C(C)Nc3ccnn32)c1. The van der Waals surface area contributed by atoms with Crippen molar-refractivity contribution in [2.45, 2.75) is 13.0 Å². The molecule has 0 saturated carbocycles. The third-order valence-electron chi connectivity index (χ3n) is 5.26. The van der Waals surface area contributed by atoms with Crippen LogP contribution in [-0.4, -0.2) is 33.0 Å². The summed E-state index contributed by atoms with van der Waals surface area (Å²) < 4.78 is 7.21. The van der Waals surface area contributed by atoms with E-state index in [0.29, 0.717) is 11.3 Å². The molecule has 5 rings (SSSR count). The van der Waals surface area contributed by atoms with Crippen LogP contribution in [0, 0.1) is 0 Å². The van der Waals surface area contributed by atoms with Gasteiger partial charge < -0.3 is 15.4 Å². The van der Waals surface area contributed by atoms with Gasteiger partial charge in [0.15, 0.2) is 0 Å². The topological polar surface area (TPSA) is 96.9 Å². The first kappa shape index (κ1) is 18.0. The van der Waals surface area contributed by atoms with Gasteiger partial charge in [0.25, 0.3) is 5.91 Å². The van der Waals surface area contributed by atoms with Crippen LogP contribution in [0.4, 0.5) is 11.5 Å². The van der Waals surface area contributed by atoms with Crippen LogP contribution in [0.2, 0.25) is 0 Å². The number of rotatable bonds is 4. The summed E-state index contributed by atoms with van der Waals surface area (Å²) in [5.41, 5.74) is 3.89. The Morgan fingerprint density at radius 3 is 2.97 bits per heavy atom. The molecule has 0 fully saturated rings. The zero-order valence-electron chi connectivity index (χ0n) is 16.5. The molecule has 3 heterocycles. The molecule has 0 aliphatic carbocycles. The number of H-pyrrole nitrogens is 1. The second-order valence-electron chi connectivity index (χ2n) is 7.13. The Bertz CT molecular complexity index is 1290. The number of ether oxygens (including phenoxy) is 1. The van der Waals surface area contributed by atoms with Crippen LogP contribution in [0.1, 0.15) is 18.5 Å². The molecule has 150 valence electrons. The zero-order valence-corrected chi connectivity index (χ0v) is 16.5. The molecule has 30 heavy (non-hydrogen) atoms. The van der Waals surface area contributed by atoms with E-state index in [-0.39, 0.29) is 11.9 Å². The van der Waals surface area contributed by atoms with Gasteiger partial charge in [-0.3, -0.25) is 9.89 Å². The van der Waals surface area contributed by atoms with E-state index in [9.17, 15) is 4.79 Å². The quantitative estimate of drug-likeness (QED) is 0.485. The normalized spacial score (nSPS) is 15.6. The van der Waals surface area contributed by atoms with E-state index in [1.54, 1.807) is 19.5 Å². The van der Waals surface area contributed by atoms with Gasteiger partial charge in [-0.25, -0.2) is 4.68 Å². The lowest BCUT2D eigenvalue weighted by atomic mass is 9.94. The van der Waals surface area contributed by atoms with Gasteiger partial charge in [0.05, 0.1) is 30.6 Å². The lowest BCUT2D eigenvalue weighted by Gasteiger charge is -2.30. The Hall–Kier alpha value is -4.07. The third-order valence-corrected chi connectivity index (χ3v) is 5.26. The highest BCUT2D eigenvalue weighted by atomic mass is 16.5. The molecule has 2 aromatic heterocycles. The summed E-state index contributed by atoms with van der Waals surface area (Å²) in [4.78, 5) is 13.4. The maximum atomic E-state index is 13.4. The highest BCUT2D eigenvalue weighted by Crippen LogP contribution is 2.37. The maximum absolute atomic E-state index is 13.4. The van der Waals surface area contributed by atoms with Crippen molar-refractivity contribution in [1.29, 1.82) is 0 Å². The van der Waals surface area contributed by atoms with Crippen LogP contribution >= 0.6 is 0 Å². The first-order valence-electron chi connectivity index (χ1n) is 9.54. The van der Waals surface area contributed by atoms with Gasteiger partial charge in [0.1, 0.15) is 17.6 Å². The predicted octanol–water partition coefficient (Wildman–Crippen LogP) is 3.70. The standard InChI is InChI=1S/C22H20N6O2/c1-13-20(22(29)26-16-6-7-18-15(10-16)12-23-27-18)21(28-19(25-13)8-9-24-28)14-4-3-5-17(11-14)30-2/h3-12,21,25H,1-2H3,(H,23,27)(H,26,29). The fourth-order valence-corrected chi connectivity index (χ4v) is 3.84. The molecule has 0 radical (unpaired) electrons.